The van der Waals surface area contributed by atoms with E-state index in [4.69, 9.17) is 4.42 Å². The van der Waals surface area contributed by atoms with E-state index in [1.54, 1.807) is 13.0 Å². The SMILES string of the molecule is Cc1c(F)cccc1CNc1cccc2c1oc1ccccc12. The molecule has 2 nitrogen and oxygen atoms in total. The summed E-state index contributed by atoms with van der Waals surface area (Å²) in [5, 5.41) is 5.56. The average Bonchev–Trinajstić information content (AvgIpc) is 2.95. The molecule has 0 aliphatic carbocycles. The van der Waals surface area contributed by atoms with Gasteiger partial charge in [0.15, 0.2) is 5.58 Å². The van der Waals surface area contributed by atoms with E-state index >= 15 is 0 Å². The number of halogens is 1. The van der Waals surface area contributed by atoms with E-state index in [9.17, 15) is 4.39 Å². The summed E-state index contributed by atoms with van der Waals surface area (Å²) in [4.78, 5) is 0. The molecule has 0 bridgehead atoms. The summed E-state index contributed by atoms with van der Waals surface area (Å²) in [6.07, 6.45) is 0. The van der Waals surface area contributed by atoms with Crippen LogP contribution in [0.1, 0.15) is 11.1 Å². The maximum absolute atomic E-state index is 13.7. The van der Waals surface area contributed by atoms with Crippen molar-refractivity contribution in [1.82, 2.24) is 0 Å². The van der Waals surface area contributed by atoms with Crippen LogP contribution >= 0.6 is 0 Å². The quantitative estimate of drug-likeness (QED) is 0.529. The van der Waals surface area contributed by atoms with Gasteiger partial charge < -0.3 is 9.73 Å². The van der Waals surface area contributed by atoms with E-state index < -0.39 is 0 Å². The van der Waals surface area contributed by atoms with Gasteiger partial charge in [-0.2, -0.15) is 0 Å². The summed E-state index contributed by atoms with van der Waals surface area (Å²) in [7, 11) is 0. The van der Waals surface area contributed by atoms with Crippen molar-refractivity contribution < 1.29 is 8.81 Å². The highest BCUT2D eigenvalue weighted by molar-refractivity contribution is 6.08. The van der Waals surface area contributed by atoms with Crippen molar-refractivity contribution in [1.29, 1.82) is 0 Å². The number of nitrogens with one attached hydrogen (secondary N) is 1. The van der Waals surface area contributed by atoms with Gasteiger partial charge in [0, 0.05) is 17.3 Å². The third-order valence-corrected chi connectivity index (χ3v) is 4.25. The van der Waals surface area contributed by atoms with Crippen LogP contribution in [-0.2, 0) is 6.54 Å². The smallest absolute Gasteiger partial charge is 0.158 e. The van der Waals surface area contributed by atoms with Crippen LogP contribution in [0.3, 0.4) is 0 Å². The molecule has 0 radical (unpaired) electrons. The van der Waals surface area contributed by atoms with Gasteiger partial charge >= 0.3 is 0 Å². The molecule has 0 saturated carbocycles. The Kier molecular flexibility index (Phi) is 3.27. The summed E-state index contributed by atoms with van der Waals surface area (Å²) in [6.45, 7) is 2.36. The summed E-state index contributed by atoms with van der Waals surface area (Å²) in [6, 6.07) is 19.2. The Labute approximate surface area is 133 Å². The van der Waals surface area contributed by atoms with Crippen molar-refractivity contribution in [3.63, 3.8) is 0 Å². The molecule has 1 aromatic heterocycles. The van der Waals surface area contributed by atoms with Crippen LogP contribution in [0.4, 0.5) is 10.1 Å². The predicted octanol–water partition coefficient (Wildman–Crippen LogP) is 5.65. The molecule has 0 saturated heterocycles. The lowest BCUT2D eigenvalue weighted by atomic mass is 10.1. The monoisotopic (exact) mass is 305 g/mol. The Morgan fingerprint density at radius 3 is 2.61 bits per heavy atom. The van der Waals surface area contributed by atoms with Gasteiger partial charge in [-0.05, 0) is 36.2 Å². The molecule has 0 atom stereocenters. The van der Waals surface area contributed by atoms with Crippen LogP contribution < -0.4 is 5.32 Å². The van der Waals surface area contributed by atoms with Crippen LogP contribution in [0.5, 0.6) is 0 Å². The predicted molar refractivity (Wildman–Crippen MR) is 92.2 cm³/mol. The molecule has 1 N–H and O–H groups in total. The van der Waals surface area contributed by atoms with E-state index in [0.29, 0.717) is 12.1 Å². The number of para-hydroxylation sites is 2. The van der Waals surface area contributed by atoms with Crippen LogP contribution in [-0.4, -0.2) is 0 Å². The molecule has 1 heterocycles. The molecule has 3 aromatic carbocycles. The summed E-state index contributed by atoms with van der Waals surface area (Å²) < 4.78 is 19.6. The highest BCUT2D eigenvalue weighted by atomic mass is 19.1. The fourth-order valence-electron chi connectivity index (χ4n) is 2.92. The van der Waals surface area contributed by atoms with Gasteiger partial charge in [0.2, 0.25) is 0 Å². The van der Waals surface area contributed by atoms with Crippen LogP contribution in [0, 0.1) is 12.7 Å². The van der Waals surface area contributed by atoms with Gasteiger partial charge in [-0.15, -0.1) is 0 Å². The Morgan fingerprint density at radius 2 is 1.70 bits per heavy atom. The van der Waals surface area contributed by atoms with E-state index in [0.717, 1.165) is 33.2 Å². The van der Waals surface area contributed by atoms with Crippen molar-refractivity contribution in [2.24, 2.45) is 0 Å². The van der Waals surface area contributed by atoms with Gasteiger partial charge in [-0.1, -0.05) is 42.5 Å². The molecule has 0 spiro atoms. The van der Waals surface area contributed by atoms with Gasteiger partial charge in [0.25, 0.3) is 0 Å². The molecular formula is C20H16FNO. The van der Waals surface area contributed by atoms with Crippen molar-refractivity contribution in [2.75, 3.05) is 5.32 Å². The highest BCUT2D eigenvalue weighted by Crippen LogP contribution is 2.33. The topological polar surface area (TPSA) is 25.2 Å². The zero-order valence-electron chi connectivity index (χ0n) is 12.8. The Balaban J connectivity index is 1.73. The second-order valence-corrected chi connectivity index (χ2v) is 5.66. The lowest BCUT2D eigenvalue weighted by Gasteiger charge is -2.10. The number of furan rings is 1. The largest absolute Gasteiger partial charge is 0.454 e. The normalized spacial score (nSPS) is 11.2. The van der Waals surface area contributed by atoms with Gasteiger partial charge in [-0.25, -0.2) is 4.39 Å². The molecule has 0 aliphatic rings. The van der Waals surface area contributed by atoms with Crippen molar-refractivity contribution in [2.45, 2.75) is 13.5 Å². The standard InChI is InChI=1S/C20H16FNO/c1-13-14(6-4-9-17(13)21)12-22-18-10-5-8-16-15-7-2-3-11-19(15)23-20(16)18/h2-11,22H,12H2,1H3. The van der Waals surface area contributed by atoms with Crippen LogP contribution in [0.25, 0.3) is 21.9 Å². The van der Waals surface area contributed by atoms with Gasteiger partial charge in [0.05, 0.1) is 5.69 Å². The molecule has 0 unspecified atom stereocenters. The lowest BCUT2D eigenvalue weighted by molar-refractivity contribution is 0.616. The summed E-state index contributed by atoms with van der Waals surface area (Å²) in [5.41, 5.74) is 4.25. The number of hydrogen-bond acceptors (Lipinski definition) is 2. The Morgan fingerprint density at radius 1 is 0.913 bits per heavy atom. The van der Waals surface area contributed by atoms with Gasteiger partial charge in [-0.3, -0.25) is 0 Å². The minimum atomic E-state index is -0.175. The van der Waals surface area contributed by atoms with E-state index in [2.05, 4.69) is 17.4 Å². The Bertz CT molecular complexity index is 1000. The van der Waals surface area contributed by atoms with Gasteiger partial charge in [0.1, 0.15) is 11.4 Å². The lowest BCUT2D eigenvalue weighted by Crippen LogP contribution is -2.02. The second-order valence-electron chi connectivity index (χ2n) is 5.66. The summed E-state index contributed by atoms with van der Waals surface area (Å²) in [5.74, 6) is -0.175. The number of rotatable bonds is 3. The second kappa shape index (κ2) is 5.43. The van der Waals surface area contributed by atoms with E-state index in [-0.39, 0.29) is 5.82 Å². The first-order chi connectivity index (χ1) is 11.2. The fourth-order valence-corrected chi connectivity index (χ4v) is 2.92. The molecule has 0 fully saturated rings. The number of fused-ring (bicyclic) bond motifs is 3. The first-order valence-corrected chi connectivity index (χ1v) is 7.62. The maximum Gasteiger partial charge on any atom is 0.158 e. The molecule has 0 aliphatic heterocycles. The number of hydrogen-bond donors (Lipinski definition) is 1. The Hall–Kier alpha value is -2.81. The molecule has 23 heavy (non-hydrogen) atoms. The zero-order valence-corrected chi connectivity index (χ0v) is 12.8. The third-order valence-electron chi connectivity index (χ3n) is 4.25. The molecule has 0 amide bonds. The highest BCUT2D eigenvalue weighted by Gasteiger charge is 2.10. The number of anilines is 1. The third kappa shape index (κ3) is 2.34. The fraction of sp³-hybridized carbons (Fsp3) is 0.100. The van der Waals surface area contributed by atoms with Crippen molar-refractivity contribution in [3.8, 4) is 0 Å². The number of benzene rings is 3. The molecular weight excluding hydrogens is 289 g/mol. The molecule has 4 aromatic rings. The molecule has 4 rings (SSSR count). The first kappa shape index (κ1) is 13.8. The minimum absolute atomic E-state index is 0.175. The maximum atomic E-state index is 13.7. The first-order valence-electron chi connectivity index (χ1n) is 7.62. The summed E-state index contributed by atoms with van der Waals surface area (Å²) >= 11 is 0. The van der Waals surface area contributed by atoms with Crippen molar-refractivity contribution >= 4 is 27.6 Å². The van der Waals surface area contributed by atoms with Crippen LogP contribution in [0.15, 0.2) is 65.1 Å². The van der Waals surface area contributed by atoms with E-state index in [1.165, 1.54) is 6.07 Å². The minimum Gasteiger partial charge on any atom is -0.454 e. The molecule has 114 valence electrons. The van der Waals surface area contributed by atoms with Crippen molar-refractivity contribution in [3.05, 3.63) is 77.6 Å². The van der Waals surface area contributed by atoms with E-state index in [1.807, 2.05) is 36.4 Å². The molecule has 3 heteroatoms. The van der Waals surface area contributed by atoms with Crippen LogP contribution in [0.2, 0.25) is 0 Å². The average molecular weight is 305 g/mol. The zero-order chi connectivity index (χ0) is 15.8.